The number of fused-ring (bicyclic) bond motifs is 1. The molecule has 150 valence electrons. The van der Waals surface area contributed by atoms with E-state index in [4.69, 9.17) is 14.7 Å². The number of nitriles is 1. The molecule has 9 heteroatoms. The van der Waals surface area contributed by atoms with E-state index in [1.807, 2.05) is 6.07 Å². The van der Waals surface area contributed by atoms with Gasteiger partial charge in [0.05, 0.1) is 11.9 Å². The Morgan fingerprint density at radius 2 is 1.82 bits per heavy atom. The molecule has 0 aliphatic rings. The van der Waals surface area contributed by atoms with Crippen molar-refractivity contribution < 1.29 is 19.1 Å². The van der Waals surface area contributed by atoms with Crippen molar-refractivity contribution in [2.24, 2.45) is 0 Å². The van der Waals surface area contributed by atoms with Gasteiger partial charge in [-0.15, -0.1) is 0 Å². The van der Waals surface area contributed by atoms with Crippen molar-refractivity contribution in [2.45, 2.75) is 65.2 Å². The van der Waals surface area contributed by atoms with Gasteiger partial charge in [0.25, 0.3) is 0 Å². The van der Waals surface area contributed by atoms with Crippen LogP contribution in [-0.2, 0) is 20.7 Å². The molecule has 0 bridgehead atoms. The van der Waals surface area contributed by atoms with Crippen molar-refractivity contribution >= 4 is 17.7 Å². The first-order chi connectivity index (χ1) is 12.9. The number of nitrogens with zero attached hydrogens (tertiary/aromatic N) is 4. The standard InChI is InChI=1S/C19H25N5O4/c1-18(2,3)27-16(25)14(22-17(26)28-19(4,5)6)9-12-7-8-15-21-13(10-20)11-24(15)23-12/h7-8,11,14H,9H2,1-6H3,(H,22,26)/t14-/m0/s1. The highest BCUT2D eigenvalue weighted by Crippen LogP contribution is 2.13. The highest BCUT2D eigenvalue weighted by Gasteiger charge is 2.29. The van der Waals surface area contributed by atoms with Gasteiger partial charge in [0.15, 0.2) is 11.3 Å². The number of hydrogen-bond donors (Lipinski definition) is 1. The first-order valence-corrected chi connectivity index (χ1v) is 8.84. The molecule has 0 unspecified atom stereocenters. The van der Waals surface area contributed by atoms with Gasteiger partial charge in [0.2, 0.25) is 0 Å². The molecule has 0 saturated heterocycles. The van der Waals surface area contributed by atoms with Gasteiger partial charge in [-0.05, 0) is 53.7 Å². The molecule has 2 aromatic rings. The van der Waals surface area contributed by atoms with Crippen molar-refractivity contribution in [3.8, 4) is 6.07 Å². The fourth-order valence-electron chi connectivity index (χ4n) is 2.31. The van der Waals surface area contributed by atoms with Crippen molar-refractivity contribution in [1.82, 2.24) is 19.9 Å². The Morgan fingerprint density at radius 3 is 2.39 bits per heavy atom. The third kappa shape index (κ3) is 6.23. The molecule has 1 N–H and O–H groups in total. The number of imidazole rings is 1. The second-order valence-electron chi connectivity index (χ2n) is 8.30. The van der Waals surface area contributed by atoms with E-state index in [2.05, 4.69) is 15.4 Å². The Balaban J connectivity index is 2.24. The fraction of sp³-hybridized carbons (Fsp3) is 0.526. The zero-order chi connectivity index (χ0) is 21.1. The third-order valence-corrected chi connectivity index (χ3v) is 3.29. The van der Waals surface area contributed by atoms with Crippen LogP contribution < -0.4 is 5.32 Å². The van der Waals surface area contributed by atoms with Crippen LogP contribution in [0.4, 0.5) is 4.79 Å². The SMILES string of the molecule is CC(C)(C)OC(=O)N[C@@H](Cc1ccc2nc(C#N)cn2n1)C(=O)OC(C)(C)C. The van der Waals surface area contributed by atoms with E-state index in [1.54, 1.807) is 53.7 Å². The Bertz CT molecular complexity index is 915. The summed E-state index contributed by atoms with van der Waals surface area (Å²) in [4.78, 5) is 28.8. The van der Waals surface area contributed by atoms with E-state index in [9.17, 15) is 9.59 Å². The number of carbonyl (C=O) groups excluding carboxylic acids is 2. The maximum absolute atomic E-state index is 12.6. The minimum Gasteiger partial charge on any atom is -0.458 e. The monoisotopic (exact) mass is 387 g/mol. The van der Waals surface area contributed by atoms with Crippen LogP contribution >= 0.6 is 0 Å². The molecule has 0 fully saturated rings. The van der Waals surface area contributed by atoms with Gasteiger partial charge >= 0.3 is 12.1 Å². The Morgan fingerprint density at radius 1 is 1.18 bits per heavy atom. The zero-order valence-electron chi connectivity index (χ0n) is 16.9. The summed E-state index contributed by atoms with van der Waals surface area (Å²) >= 11 is 0. The molecule has 1 atom stereocenters. The summed E-state index contributed by atoms with van der Waals surface area (Å²) in [7, 11) is 0. The van der Waals surface area contributed by atoms with Crippen molar-refractivity contribution in [2.75, 3.05) is 0 Å². The van der Waals surface area contributed by atoms with Crippen LogP contribution in [0.2, 0.25) is 0 Å². The van der Waals surface area contributed by atoms with Crippen molar-refractivity contribution in [1.29, 1.82) is 5.26 Å². The molecule has 0 spiro atoms. The molecule has 2 rings (SSSR count). The summed E-state index contributed by atoms with van der Waals surface area (Å²) in [6.45, 7) is 10.4. The molecule has 28 heavy (non-hydrogen) atoms. The van der Waals surface area contributed by atoms with Crippen LogP contribution in [-0.4, -0.2) is 43.9 Å². The minimum atomic E-state index is -0.988. The van der Waals surface area contributed by atoms with Crippen LogP contribution in [0.15, 0.2) is 18.3 Å². The van der Waals surface area contributed by atoms with Gasteiger partial charge in [0, 0.05) is 6.42 Å². The average molecular weight is 387 g/mol. The highest BCUT2D eigenvalue weighted by atomic mass is 16.6. The number of amides is 1. The topological polar surface area (TPSA) is 119 Å². The van der Waals surface area contributed by atoms with Gasteiger partial charge < -0.3 is 14.8 Å². The number of ether oxygens (including phenoxy) is 2. The molecule has 1 amide bonds. The molecule has 0 aliphatic carbocycles. The van der Waals surface area contributed by atoms with Gasteiger partial charge in [0.1, 0.15) is 23.3 Å². The quantitative estimate of drug-likeness (QED) is 0.800. The van der Waals surface area contributed by atoms with Crippen LogP contribution in [0.5, 0.6) is 0 Å². The van der Waals surface area contributed by atoms with E-state index in [0.29, 0.717) is 11.3 Å². The summed E-state index contributed by atoms with van der Waals surface area (Å²) in [5.41, 5.74) is -0.158. The number of rotatable bonds is 4. The fourth-order valence-corrected chi connectivity index (χ4v) is 2.31. The highest BCUT2D eigenvalue weighted by molar-refractivity contribution is 5.82. The molecule has 0 aromatic carbocycles. The van der Waals surface area contributed by atoms with Gasteiger partial charge in [-0.3, -0.25) is 0 Å². The first kappa shape index (κ1) is 21.2. The molecule has 0 radical (unpaired) electrons. The summed E-state index contributed by atoms with van der Waals surface area (Å²) in [6, 6.07) is 4.32. The predicted molar refractivity (Wildman–Crippen MR) is 100 cm³/mol. The summed E-state index contributed by atoms with van der Waals surface area (Å²) in [5.74, 6) is -0.594. The molecule has 2 heterocycles. The van der Waals surface area contributed by atoms with Gasteiger partial charge in [-0.1, -0.05) is 0 Å². The molecular weight excluding hydrogens is 362 g/mol. The summed E-state index contributed by atoms with van der Waals surface area (Å²) < 4.78 is 12.1. The second kappa shape index (κ2) is 7.84. The number of aromatic nitrogens is 3. The normalized spacial score (nSPS) is 12.9. The zero-order valence-corrected chi connectivity index (χ0v) is 16.9. The largest absolute Gasteiger partial charge is 0.458 e. The Hall–Kier alpha value is -3.15. The lowest BCUT2D eigenvalue weighted by atomic mass is 10.1. The minimum absolute atomic E-state index is 0.0875. The molecule has 0 saturated carbocycles. The van der Waals surface area contributed by atoms with E-state index in [1.165, 1.54) is 10.7 Å². The molecule has 9 nitrogen and oxygen atoms in total. The molecular formula is C19H25N5O4. The smallest absolute Gasteiger partial charge is 0.408 e. The number of esters is 1. The maximum Gasteiger partial charge on any atom is 0.408 e. The van der Waals surface area contributed by atoms with Crippen LogP contribution in [0.3, 0.4) is 0 Å². The summed E-state index contributed by atoms with van der Waals surface area (Å²) in [6.07, 6.45) is 0.853. The van der Waals surface area contributed by atoms with Crippen LogP contribution in [0, 0.1) is 11.3 Å². The number of nitrogens with one attached hydrogen (secondary N) is 1. The van der Waals surface area contributed by atoms with E-state index in [0.717, 1.165) is 0 Å². The Kier molecular flexibility index (Phi) is 5.92. The van der Waals surface area contributed by atoms with Gasteiger partial charge in [-0.25, -0.2) is 19.1 Å². The lowest BCUT2D eigenvalue weighted by Crippen LogP contribution is -2.47. The maximum atomic E-state index is 12.6. The second-order valence-corrected chi connectivity index (χ2v) is 8.30. The van der Waals surface area contributed by atoms with E-state index in [-0.39, 0.29) is 12.1 Å². The van der Waals surface area contributed by atoms with Crippen molar-refractivity contribution in [3.63, 3.8) is 0 Å². The third-order valence-electron chi connectivity index (χ3n) is 3.29. The number of hydrogen-bond acceptors (Lipinski definition) is 7. The summed E-state index contributed by atoms with van der Waals surface area (Å²) in [5, 5.41) is 15.9. The van der Waals surface area contributed by atoms with Crippen LogP contribution in [0.25, 0.3) is 5.65 Å². The first-order valence-electron chi connectivity index (χ1n) is 8.84. The lowest BCUT2D eigenvalue weighted by Gasteiger charge is -2.26. The van der Waals surface area contributed by atoms with Crippen molar-refractivity contribution in [3.05, 3.63) is 29.7 Å². The number of carbonyl (C=O) groups is 2. The molecule has 0 aliphatic heterocycles. The average Bonchev–Trinajstić information content (AvgIpc) is 2.93. The predicted octanol–water partition coefficient (Wildman–Crippen LogP) is 2.38. The lowest BCUT2D eigenvalue weighted by molar-refractivity contribution is -0.157. The van der Waals surface area contributed by atoms with E-state index < -0.39 is 29.3 Å². The van der Waals surface area contributed by atoms with Crippen LogP contribution in [0.1, 0.15) is 52.9 Å². The Labute approximate surface area is 163 Å². The number of alkyl carbamates (subject to hydrolysis) is 1. The van der Waals surface area contributed by atoms with E-state index >= 15 is 0 Å². The molecule has 2 aromatic heterocycles. The van der Waals surface area contributed by atoms with Gasteiger partial charge in [-0.2, -0.15) is 10.4 Å².